The first kappa shape index (κ1) is 17.9. The topological polar surface area (TPSA) is 53.4 Å². The third kappa shape index (κ3) is 3.86. The number of hydrogen-bond acceptors (Lipinski definition) is 4. The van der Waals surface area contributed by atoms with Gasteiger partial charge in [0.25, 0.3) is 5.91 Å². The fraction of sp³-hybridized carbons (Fsp3) is 0.444. The van der Waals surface area contributed by atoms with Crippen LogP contribution in [0.2, 0.25) is 0 Å². The van der Waals surface area contributed by atoms with Gasteiger partial charge in [-0.3, -0.25) is 9.69 Å². The van der Waals surface area contributed by atoms with Gasteiger partial charge in [0.05, 0.1) is 17.4 Å². The van der Waals surface area contributed by atoms with E-state index >= 15 is 0 Å². The zero-order valence-corrected chi connectivity index (χ0v) is 15.0. The number of benzene rings is 1. The number of amides is 1. The van der Waals surface area contributed by atoms with Crippen LogP contribution in [-0.4, -0.2) is 70.8 Å². The summed E-state index contributed by atoms with van der Waals surface area (Å²) in [6, 6.07) is 10.4. The van der Waals surface area contributed by atoms with Gasteiger partial charge in [-0.1, -0.05) is 18.2 Å². The number of rotatable bonds is 3. The van der Waals surface area contributed by atoms with Gasteiger partial charge >= 0.3 is 0 Å². The van der Waals surface area contributed by atoms with E-state index in [9.17, 15) is 4.79 Å². The van der Waals surface area contributed by atoms with E-state index in [0.717, 1.165) is 51.4 Å². The molecule has 3 heterocycles. The summed E-state index contributed by atoms with van der Waals surface area (Å²) in [5.41, 5.74) is 1.64. The lowest BCUT2D eigenvalue weighted by atomic mass is 10.2. The Kier molecular flexibility index (Phi) is 5.73. The Balaban J connectivity index is 0.00000182. The minimum Gasteiger partial charge on any atom is -0.337 e. The molecular weight excluding hydrogens is 338 g/mol. The first-order valence-corrected chi connectivity index (χ1v) is 8.65. The Bertz CT molecular complexity index is 699. The van der Waals surface area contributed by atoms with E-state index in [1.54, 1.807) is 10.9 Å². The minimum atomic E-state index is 0. The van der Waals surface area contributed by atoms with E-state index in [-0.39, 0.29) is 18.3 Å². The summed E-state index contributed by atoms with van der Waals surface area (Å²) in [6.07, 6.45) is 4.57. The van der Waals surface area contributed by atoms with E-state index in [1.807, 2.05) is 41.4 Å². The highest BCUT2D eigenvalue weighted by Crippen LogP contribution is 2.19. The maximum atomic E-state index is 12.8. The van der Waals surface area contributed by atoms with Gasteiger partial charge in [-0.15, -0.1) is 12.4 Å². The molecule has 2 aromatic rings. The number of likely N-dealkylation sites (tertiary alicyclic amines) is 1. The Morgan fingerprint density at radius 2 is 1.88 bits per heavy atom. The minimum absolute atomic E-state index is 0. The Hall–Kier alpha value is -1.89. The summed E-state index contributed by atoms with van der Waals surface area (Å²) in [6.45, 7) is 5.93. The van der Waals surface area contributed by atoms with E-state index in [0.29, 0.717) is 11.6 Å². The van der Waals surface area contributed by atoms with E-state index in [1.165, 1.54) is 0 Å². The molecule has 1 amide bonds. The largest absolute Gasteiger partial charge is 0.337 e. The van der Waals surface area contributed by atoms with Crippen LogP contribution in [0.25, 0.3) is 5.69 Å². The fourth-order valence-electron chi connectivity index (χ4n) is 3.61. The van der Waals surface area contributed by atoms with Crippen LogP contribution in [0.5, 0.6) is 0 Å². The third-order valence-electron chi connectivity index (χ3n) is 4.97. The van der Waals surface area contributed by atoms with Gasteiger partial charge in [-0.05, 0) is 18.6 Å². The van der Waals surface area contributed by atoms with Gasteiger partial charge in [0.15, 0.2) is 0 Å². The van der Waals surface area contributed by atoms with Crippen LogP contribution in [0, 0.1) is 0 Å². The molecule has 2 saturated heterocycles. The van der Waals surface area contributed by atoms with E-state index < -0.39 is 0 Å². The summed E-state index contributed by atoms with van der Waals surface area (Å²) in [7, 11) is 0. The van der Waals surface area contributed by atoms with Crippen molar-refractivity contribution in [2.45, 2.75) is 12.5 Å². The van der Waals surface area contributed by atoms with Crippen molar-refractivity contribution in [1.82, 2.24) is 24.9 Å². The first-order valence-electron chi connectivity index (χ1n) is 8.65. The van der Waals surface area contributed by atoms with Crippen molar-refractivity contribution < 1.29 is 4.79 Å². The van der Waals surface area contributed by atoms with Crippen LogP contribution >= 0.6 is 12.4 Å². The Morgan fingerprint density at radius 3 is 2.64 bits per heavy atom. The molecule has 1 N–H and O–H groups in total. The predicted octanol–water partition coefficient (Wildman–Crippen LogP) is 1.41. The normalized spacial score (nSPS) is 21.1. The molecule has 1 atom stereocenters. The molecule has 1 aromatic heterocycles. The molecule has 0 aliphatic carbocycles. The molecule has 25 heavy (non-hydrogen) atoms. The molecule has 2 aliphatic rings. The summed E-state index contributed by atoms with van der Waals surface area (Å²) >= 11 is 0. The van der Waals surface area contributed by atoms with Crippen LogP contribution < -0.4 is 5.32 Å². The highest BCUT2D eigenvalue weighted by Gasteiger charge is 2.31. The number of nitrogens with zero attached hydrogens (tertiary/aromatic N) is 4. The Morgan fingerprint density at radius 1 is 1.12 bits per heavy atom. The standard InChI is InChI=1S/C18H23N5O.ClH/c24-18(15-12-20-23(13-15)16-4-2-1-3-5-16)22-9-6-17(14-22)21-10-7-19-8-11-21;/h1-5,12-13,17,19H,6-11,14H2;1H. The third-order valence-corrected chi connectivity index (χ3v) is 4.97. The summed E-state index contributed by atoms with van der Waals surface area (Å²) in [5.74, 6) is 0.0924. The maximum Gasteiger partial charge on any atom is 0.257 e. The predicted molar refractivity (Wildman–Crippen MR) is 99.6 cm³/mol. The second kappa shape index (κ2) is 7.99. The number of carbonyl (C=O) groups is 1. The highest BCUT2D eigenvalue weighted by molar-refractivity contribution is 5.94. The molecule has 6 nitrogen and oxygen atoms in total. The molecule has 2 aliphatic heterocycles. The number of piperazine rings is 1. The zero-order chi connectivity index (χ0) is 16.4. The lowest BCUT2D eigenvalue weighted by molar-refractivity contribution is 0.0773. The summed E-state index contributed by atoms with van der Waals surface area (Å²) in [4.78, 5) is 17.2. The van der Waals surface area contributed by atoms with Crippen molar-refractivity contribution in [1.29, 1.82) is 0 Å². The molecule has 2 fully saturated rings. The fourth-order valence-corrected chi connectivity index (χ4v) is 3.61. The molecule has 4 rings (SSSR count). The smallest absolute Gasteiger partial charge is 0.257 e. The van der Waals surface area contributed by atoms with Gasteiger partial charge in [-0.25, -0.2) is 4.68 Å². The zero-order valence-electron chi connectivity index (χ0n) is 14.2. The van der Waals surface area contributed by atoms with Gasteiger partial charge in [0, 0.05) is 51.5 Å². The average Bonchev–Trinajstić information content (AvgIpc) is 3.33. The molecule has 0 saturated carbocycles. The van der Waals surface area contributed by atoms with E-state index in [4.69, 9.17) is 0 Å². The molecule has 0 radical (unpaired) electrons. The monoisotopic (exact) mass is 361 g/mol. The van der Waals surface area contributed by atoms with Gasteiger partial charge in [0.2, 0.25) is 0 Å². The van der Waals surface area contributed by atoms with Crippen LogP contribution in [0.1, 0.15) is 16.8 Å². The number of halogens is 1. The molecule has 0 bridgehead atoms. The van der Waals surface area contributed by atoms with Crippen LogP contribution in [-0.2, 0) is 0 Å². The number of nitrogens with one attached hydrogen (secondary N) is 1. The molecule has 7 heteroatoms. The average molecular weight is 362 g/mol. The molecule has 0 spiro atoms. The summed E-state index contributed by atoms with van der Waals surface area (Å²) in [5, 5.41) is 7.72. The van der Waals surface area contributed by atoms with Crippen molar-refractivity contribution >= 4 is 18.3 Å². The second-order valence-corrected chi connectivity index (χ2v) is 6.49. The number of aromatic nitrogens is 2. The van der Waals surface area contributed by atoms with Gasteiger partial charge in [-0.2, -0.15) is 5.10 Å². The number of hydrogen-bond donors (Lipinski definition) is 1. The molecule has 1 aromatic carbocycles. The molecule has 134 valence electrons. The lowest BCUT2D eigenvalue weighted by Gasteiger charge is -2.32. The van der Waals surface area contributed by atoms with Crippen molar-refractivity contribution in [2.75, 3.05) is 39.3 Å². The van der Waals surface area contributed by atoms with Crippen molar-refractivity contribution in [3.8, 4) is 5.69 Å². The first-order chi connectivity index (χ1) is 11.8. The number of para-hydroxylation sites is 1. The summed E-state index contributed by atoms with van der Waals surface area (Å²) < 4.78 is 1.76. The second-order valence-electron chi connectivity index (χ2n) is 6.49. The van der Waals surface area contributed by atoms with Crippen molar-refractivity contribution in [3.05, 3.63) is 48.3 Å². The SMILES string of the molecule is Cl.O=C(c1cnn(-c2ccccc2)c1)N1CCC(N2CCNCC2)C1. The maximum absolute atomic E-state index is 12.8. The number of carbonyl (C=O) groups excluding carboxylic acids is 1. The lowest BCUT2D eigenvalue weighted by Crippen LogP contribution is -2.49. The van der Waals surface area contributed by atoms with Gasteiger partial charge in [0.1, 0.15) is 0 Å². The van der Waals surface area contributed by atoms with Gasteiger partial charge < -0.3 is 10.2 Å². The Labute approximate surface area is 154 Å². The van der Waals surface area contributed by atoms with E-state index in [2.05, 4.69) is 15.3 Å². The van der Waals surface area contributed by atoms with Crippen LogP contribution in [0.4, 0.5) is 0 Å². The van der Waals surface area contributed by atoms with Crippen LogP contribution in [0.15, 0.2) is 42.7 Å². The van der Waals surface area contributed by atoms with Crippen LogP contribution in [0.3, 0.4) is 0 Å². The highest BCUT2D eigenvalue weighted by atomic mass is 35.5. The molecular formula is C18H24ClN5O. The van der Waals surface area contributed by atoms with Crippen molar-refractivity contribution in [2.24, 2.45) is 0 Å². The quantitative estimate of drug-likeness (QED) is 0.898. The van der Waals surface area contributed by atoms with Crippen molar-refractivity contribution in [3.63, 3.8) is 0 Å². The molecule has 1 unspecified atom stereocenters.